The Morgan fingerprint density at radius 1 is 0.727 bits per heavy atom. The van der Waals surface area contributed by atoms with Gasteiger partial charge in [0.1, 0.15) is 0 Å². The van der Waals surface area contributed by atoms with Crippen molar-refractivity contribution in [1.82, 2.24) is 0 Å². The van der Waals surface area contributed by atoms with Crippen LogP contribution in [0.2, 0.25) is 0 Å². The second-order valence-corrected chi connectivity index (χ2v) is 1.83. The van der Waals surface area contributed by atoms with Crippen LogP contribution in [-0.4, -0.2) is 0 Å². The van der Waals surface area contributed by atoms with Crippen molar-refractivity contribution in [3.63, 3.8) is 0 Å². The number of hydrogen-bond donors (Lipinski definition) is 0. The average Bonchev–Trinajstić information content (AvgIpc) is 2.69. The second kappa shape index (κ2) is 3.51. The molecular formula is C8H6O3. The Balaban J connectivity index is 0.000000112. The van der Waals surface area contributed by atoms with Gasteiger partial charge in [-0.05, 0) is 0 Å². The Hall–Kier alpha value is -1.64. The van der Waals surface area contributed by atoms with E-state index < -0.39 is 11.3 Å². The summed E-state index contributed by atoms with van der Waals surface area (Å²) in [6, 6.07) is 12.0. The quantitative estimate of drug-likeness (QED) is 0.515. The van der Waals surface area contributed by atoms with E-state index in [1.54, 1.807) is 0 Å². The minimum atomic E-state index is -0.718. The highest BCUT2D eigenvalue weighted by atomic mass is 16.5. The van der Waals surface area contributed by atoms with E-state index in [0.717, 1.165) is 0 Å². The van der Waals surface area contributed by atoms with Crippen molar-refractivity contribution in [2.45, 2.75) is 0 Å². The van der Waals surface area contributed by atoms with Gasteiger partial charge in [0, 0.05) is 0 Å². The zero-order valence-electron chi connectivity index (χ0n) is 5.69. The molecule has 0 N–H and O–H groups in total. The van der Waals surface area contributed by atoms with E-state index in [1.165, 1.54) is 0 Å². The van der Waals surface area contributed by atoms with Crippen LogP contribution in [0.15, 0.2) is 50.4 Å². The first-order valence-electron chi connectivity index (χ1n) is 3.07. The lowest BCUT2D eigenvalue weighted by Crippen LogP contribution is -1.88. The Morgan fingerprint density at radius 2 is 0.909 bits per heavy atom. The fourth-order valence-corrected chi connectivity index (χ4v) is 0.444. The van der Waals surface area contributed by atoms with Gasteiger partial charge in [0.2, 0.25) is 0 Å². The number of benzene rings is 1. The lowest BCUT2D eigenvalue weighted by Gasteiger charge is -1.69. The van der Waals surface area contributed by atoms with Gasteiger partial charge in [0.15, 0.2) is 0 Å². The zero-order valence-corrected chi connectivity index (χ0v) is 5.69. The Kier molecular flexibility index (Phi) is 2.38. The SMILES string of the molecule is O=c1oc1=O.c1ccccc1. The highest BCUT2D eigenvalue weighted by molar-refractivity contribution is 4.99. The molecule has 1 heterocycles. The first-order chi connectivity index (χ1) is 5.30. The molecule has 0 saturated heterocycles. The maximum Gasteiger partial charge on any atom is 0.426 e. The van der Waals surface area contributed by atoms with Crippen molar-refractivity contribution in [2.24, 2.45) is 0 Å². The van der Waals surface area contributed by atoms with Crippen molar-refractivity contribution in [1.29, 1.82) is 0 Å². The predicted octanol–water partition coefficient (Wildman–Crippen LogP) is 0.562. The molecule has 0 saturated carbocycles. The third-order valence-electron chi connectivity index (χ3n) is 0.977. The van der Waals surface area contributed by atoms with Crippen molar-refractivity contribution in [3.8, 4) is 0 Å². The third kappa shape index (κ3) is 3.15. The second-order valence-electron chi connectivity index (χ2n) is 1.83. The van der Waals surface area contributed by atoms with Crippen LogP contribution in [0.4, 0.5) is 0 Å². The Morgan fingerprint density at radius 3 is 1.00 bits per heavy atom. The maximum absolute atomic E-state index is 9.31. The van der Waals surface area contributed by atoms with Gasteiger partial charge in [-0.15, -0.1) is 0 Å². The molecule has 2 rings (SSSR count). The average molecular weight is 150 g/mol. The van der Waals surface area contributed by atoms with Gasteiger partial charge in [0.25, 0.3) is 0 Å². The molecule has 0 aliphatic carbocycles. The first-order valence-corrected chi connectivity index (χ1v) is 3.07. The van der Waals surface area contributed by atoms with Gasteiger partial charge in [-0.1, -0.05) is 36.4 Å². The van der Waals surface area contributed by atoms with E-state index in [1.807, 2.05) is 36.4 Å². The van der Waals surface area contributed by atoms with E-state index in [-0.39, 0.29) is 0 Å². The maximum atomic E-state index is 9.31. The van der Waals surface area contributed by atoms with Crippen LogP contribution in [0.1, 0.15) is 0 Å². The molecule has 3 nitrogen and oxygen atoms in total. The summed E-state index contributed by atoms with van der Waals surface area (Å²) in [5, 5.41) is 0. The minimum absolute atomic E-state index is 0.718. The van der Waals surface area contributed by atoms with Crippen LogP contribution in [0, 0.1) is 0 Å². The van der Waals surface area contributed by atoms with Crippen LogP contribution < -0.4 is 11.3 Å². The molecule has 0 aliphatic rings. The van der Waals surface area contributed by atoms with Gasteiger partial charge in [0.05, 0.1) is 0 Å². The summed E-state index contributed by atoms with van der Waals surface area (Å²) in [4.78, 5) is 18.6. The van der Waals surface area contributed by atoms with Crippen molar-refractivity contribution in [3.05, 3.63) is 57.2 Å². The highest BCUT2D eigenvalue weighted by Crippen LogP contribution is 1.79. The number of hydrogen-bond acceptors (Lipinski definition) is 3. The molecule has 3 heteroatoms. The summed E-state index contributed by atoms with van der Waals surface area (Å²) < 4.78 is 3.64. The van der Waals surface area contributed by atoms with Crippen LogP contribution in [0.3, 0.4) is 0 Å². The van der Waals surface area contributed by atoms with Crippen molar-refractivity contribution < 1.29 is 4.42 Å². The topological polar surface area (TPSA) is 47.3 Å². The Labute approximate surface area is 62.6 Å². The normalized spacial score (nSPS) is 8.73. The van der Waals surface area contributed by atoms with Crippen LogP contribution in [0.25, 0.3) is 0 Å². The minimum Gasteiger partial charge on any atom is -0.376 e. The lowest BCUT2D eigenvalue weighted by atomic mass is 10.4. The summed E-state index contributed by atoms with van der Waals surface area (Å²) in [6.45, 7) is 0. The van der Waals surface area contributed by atoms with E-state index in [9.17, 15) is 9.59 Å². The van der Waals surface area contributed by atoms with Crippen molar-refractivity contribution >= 4 is 0 Å². The standard InChI is InChI=1S/C6H6.C2O3/c1-2-4-6-5-3-1;3-1-2(4)5-1/h1-6H;. The molecule has 11 heavy (non-hydrogen) atoms. The van der Waals surface area contributed by atoms with Crippen LogP contribution >= 0.6 is 0 Å². The van der Waals surface area contributed by atoms with E-state index in [0.29, 0.717) is 0 Å². The molecule has 1 aromatic carbocycles. The summed E-state index contributed by atoms with van der Waals surface area (Å²) in [5.74, 6) is 0. The molecule has 0 bridgehead atoms. The molecular weight excluding hydrogens is 144 g/mol. The molecule has 56 valence electrons. The summed E-state index contributed by atoms with van der Waals surface area (Å²) in [5.41, 5.74) is -1.44. The fraction of sp³-hybridized carbons (Fsp3) is 0. The van der Waals surface area contributed by atoms with Crippen molar-refractivity contribution in [2.75, 3.05) is 0 Å². The van der Waals surface area contributed by atoms with Crippen LogP contribution in [0.5, 0.6) is 0 Å². The largest absolute Gasteiger partial charge is 0.426 e. The summed E-state index contributed by atoms with van der Waals surface area (Å²) in [7, 11) is 0. The summed E-state index contributed by atoms with van der Waals surface area (Å²) >= 11 is 0. The Bertz CT molecular complexity index is 305. The van der Waals surface area contributed by atoms with Gasteiger partial charge in [-0.3, -0.25) is 0 Å². The predicted molar refractivity (Wildman–Crippen MR) is 40.1 cm³/mol. The van der Waals surface area contributed by atoms with E-state index >= 15 is 0 Å². The smallest absolute Gasteiger partial charge is 0.376 e. The number of rotatable bonds is 0. The first kappa shape index (κ1) is 7.47. The third-order valence-corrected chi connectivity index (χ3v) is 0.977. The zero-order chi connectivity index (χ0) is 8.10. The van der Waals surface area contributed by atoms with E-state index in [4.69, 9.17) is 0 Å². The monoisotopic (exact) mass is 150 g/mol. The van der Waals surface area contributed by atoms with Gasteiger partial charge in [-0.25, -0.2) is 9.59 Å². The molecule has 0 aliphatic heterocycles. The summed E-state index contributed by atoms with van der Waals surface area (Å²) in [6.07, 6.45) is 0. The molecule has 1 aromatic heterocycles. The van der Waals surface area contributed by atoms with E-state index in [2.05, 4.69) is 4.42 Å². The molecule has 2 aromatic rings. The van der Waals surface area contributed by atoms with Gasteiger partial charge in [-0.2, -0.15) is 0 Å². The van der Waals surface area contributed by atoms with Gasteiger partial charge < -0.3 is 4.42 Å². The fourth-order valence-electron chi connectivity index (χ4n) is 0.444. The molecule has 0 fully saturated rings. The molecule has 0 unspecified atom stereocenters. The molecule has 0 atom stereocenters. The molecule has 0 amide bonds. The highest BCUT2D eigenvalue weighted by Gasteiger charge is 2.02. The molecule has 0 radical (unpaired) electrons. The molecule has 0 spiro atoms. The lowest BCUT2D eigenvalue weighted by molar-refractivity contribution is 0.650. The van der Waals surface area contributed by atoms with Crippen LogP contribution in [-0.2, 0) is 0 Å². The van der Waals surface area contributed by atoms with Gasteiger partial charge >= 0.3 is 11.3 Å².